The fourth-order valence-electron chi connectivity index (χ4n) is 5.23. The summed E-state index contributed by atoms with van der Waals surface area (Å²) < 4.78 is 0. The summed E-state index contributed by atoms with van der Waals surface area (Å²) in [4.78, 5) is 10.1. The molecule has 0 saturated heterocycles. The molecule has 2 aliphatic carbocycles. The van der Waals surface area contributed by atoms with Crippen molar-refractivity contribution in [3.05, 3.63) is 35.9 Å². The Morgan fingerprint density at radius 3 is 2.52 bits per heavy atom. The van der Waals surface area contributed by atoms with Gasteiger partial charge < -0.3 is 0 Å². The van der Waals surface area contributed by atoms with Crippen LogP contribution >= 0.6 is 0 Å². The van der Waals surface area contributed by atoms with Crippen LogP contribution in [0.25, 0.3) is 0 Å². The molecule has 1 aliphatic heterocycles. The van der Waals surface area contributed by atoms with Crippen molar-refractivity contribution in [1.82, 2.24) is 0 Å². The van der Waals surface area contributed by atoms with Gasteiger partial charge in [-0.25, -0.2) is 0 Å². The normalized spacial score (nSPS) is 28.3. The van der Waals surface area contributed by atoms with E-state index in [4.69, 9.17) is 9.98 Å². The molecule has 0 N–H and O–H groups in total. The minimum absolute atomic E-state index is 0.556. The first-order valence-electron chi connectivity index (χ1n) is 10.5. The van der Waals surface area contributed by atoms with Gasteiger partial charge in [-0.2, -0.15) is 0 Å². The Hall–Kier alpha value is -1.44. The average molecular weight is 337 g/mol. The predicted octanol–water partition coefficient (Wildman–Crippen LogP) is 5.85. The van der Waals surface area contributed by atoms with Crippen LogP contribution in [0, 0.1) is 11.8 Å². The number of aliphatic imine (C=N–C) groups is 2. The first-order valence-corrected chi connectivity index (χ1v) is 10.5. The minimum Gasteiger partial charge on any atom is -0.294 e. The zero-order valence-electron chi connectivity index (χ0n) is 15.5. The Balaban J connectivity index is 1.56. The molecule has 0 bridgehead atoms. The maximum Gasteiger partial charge on any atom is 0.0534 e. The topological polar surface area (TPSA) is 24.7 Å². The lowest BCUT2D eigenvalue weighted by Gasteiger charge is -2.30. The zero-order valence-corrected chi connectivity index (χ0v) is 15.5. The first-order chi connectivity index (χ1) is 12.4. The van der Waals surface area contributed by atoms with E-state index in [0.29, 0.717) is 6.04 Å². The third-order valence-corrected chi connectivity index (χ3v) is 6.55. The molecule has 2 atom stereocenters. The molecule has 0 radical (unpaired) electrons. The third-order valence-electron chi connectivity index (χ3n) is 6.55. The highest BCUT2D eigenvalue weighted by Gasteiger charge is 2.34. The number of hydrogen-bond donors (Lipinski definition) is 0. The molecule has 1 aromatic carbocycles. The molecule has 1 heterocycles. The zero-order chi connectivity index (χ0) is 16.9. The molecular formula is C23H32N2. The number of rotatable bonds is 5. The van der Waals surface area contributed by atoms with Gasteiger partial charge in [-0.05, 0) is 43.1 Å². The fraction of sp³-hybridized carbons (Fsp3) is 0.652. The van der Waals surface area contributed by atoms with Crippen molar-refractivity contribution in [2.24, 2.45) is 21.8 Å². The van der Waals surface area contributed by atoms with Crippen LogP contribution in [0.1, 0.15) is 76.2 Å². The highest BCUT2D eigenvalue weighted by molar-refractivity contribution is 6.12. The van der Waals surface area contributed by atoms with Crippen LogP contribution in [0.3, 0.4) is 0 Å². The summed E-state index contributed by atoms with van der Waals surface area (Å²) in [6.07, 6.45) is 14.7. The van der Waals surface area contributed by atoms with E-state index >= 15 is 0 Å². The molecule has 25 heavy (non-hydrogen) atoms. The van der Waals surface area contributed by atoms with Crippen molar-refractivity contribution in [3.8, 4) is 0 Å². The summed E-state index contributed by atoms with van der Waals surface area (Å²) in [7, 11) is 0. The van der Waals surface area contributed by atoms with Gasteiger partial charge in [0.15, 0.2) is 0 Å². The molecular weight excluding hydrogens is 304 g/mol. The second-order valence-corrected chi connectivity index (χ2v) is 8.23. The number of nitrogens with zero attached hydrogens (tertiary/aromatic N) is 2. The highest BCUT2D eigenvalue weighted by Crippen LogP contribution is 2.41. The summed E-state index contributed by atoms with van der Waals surface area (Å²) in [6, 6.07) is 11.4. The van der Waals surface area contributed by atoms with E-state index < -0.39 is 0 Å². The lowest BCUT2D eigenvalue weighted by Crippen LogP contribution is -2.25. The third kappa shape index (κ3) is 4.22. The van der Waals surface area contributed by atoms with Crippen molar-refractivity contribution in [2.45, 2.75) is 76.7 Å². The van der Waals surface area contributed by atoms with Gasteiger partial charge in [-0.15, -0.1) is 0 Å². The van der Waals surface area contributed by atoms with Crippen LogP contribution in [0.4, 0.5) is 0 Å². The number of hydrogen-bond acceptors (Lipinski definition) is 2. The van der Waals surface area contributed by atoms with E-state index in [-0.39, 0.29) is 0 Å². The number of benzene rings is 1. The van der Waals surface area contributed by atoms with Gasteiger partial charge in [0.1, 0.15) is 0 Å². The molecule has 2 nitrogen and oxygen atoms in total. The molecule has 2 heteroatoms. The molecule has 0 spiro atoms. The average Bonchev–Trinajstić information content (AvgIpc) is 3.35. The molecule has 1 aromatic rings. The van der Waals surface area contributed by atoms with E-state index in [1.165, 1.54) is 81.2 Å². The Morgan fingerprint density at radius 1 is 0.920 bits per heavy atom. The maximum absolute atomic E-state index is 5.40. The second kappa shape index (κ2) is 8.29. The minimum atomic E-state index is 0.556. The van der Waals surface area contributed by atoms with Crippen molar-refractivity contribution in [1.29, 1.82) is 0 Å². The Labute approximate surface area is 152 Å². The quantitative estimate of drug-likeness (QED) is 0.603. The smallest absolute Gasteiger partial charge is 0.0534 e. The second-order valence-electron chi connectivity index (χ2n) is 8.23. The monoisotopic (exact) mass is 336 g/mol. The van der Waals surface area contributed by atoms with Crippen molar-refractivity contribution in [3.63, 3.8) is 0 Å². The summed E-state index contributed by atoms with van der Waals surface area (Å²) in [5.41, 5.74) is 3.98. The van der Waals surface area contributed by atoms with Gasteiger partial charge in [0.05, 0.1) is 6.04 Å². The van der Waals surface area contributed by atoms with Gasteiger partial charge in [0, 0.05) is 24.4 Å². The standard InChI is InChI=1S/C23H32N2/c1-3-9-18(10-4-1)21-14-7-15-22(21)25-23(17-20-13-8-16-24-20)19-11-5-2-6-12-19/h2,5-6,11-12,18,21-22H,1,3-4,7-10,13-17H2/t21-,22+/m0/s1. The Kier molecular flexibility index (Phi) is 5.64. The van der Waals surface area contributed by atoms with Crippen molar-refractivity contribution >= 4 is 11.4 Å². The molecule has 2 fully saturated rings. The lowest BCUT2D eigenvalue weighted by molar-refractivity contribution is 0.235. The molecule has 2 saturated carbocycles. The predicted molar refractivity (Wildman–Crippen MR) is 107 cm³/mol. The van der Waals surface area contributed by atoms with Crippen LogP contribution in [-0.2, 0) is 0 Å². The molecule has 134 valence electrons. The van der Waals surface area contributed by atoms with Gasteiger partial charge in [0.25, 0.3) is 0 Å². The Morgan fingerprint density at radius 2 is 1.76 bits per heavy atom. The Bertz CT molecular complexity index is 610. The van der Waals surface area contributed by atoms with Crippen molar-refractivity contribution in [2.75, 3.05) is 6.54 Å². The largest absolute Gasteiger partial charge is 0.294 e. The summed E-state index contributed by atoms with van der Waals surface area (Å²) in [6.45, 7) is 1.02. The van der Waals surface area contributed by atoms with Crippen LogP contribution in [-0.4, -0.2) is 24.0 Å². The first kappa shape index (κ1) is 17.0. The highest BCUT2D eigenvalue weighted by atomic mass is 14.8. The van der Waals surface area contributed by atoms with Crippen molar-refractivity contribution < 1.29 is 0 Å². The van der Waals surface area contributed by atoms with Gasteiger partial charge in [-0.3, -0.25) is 9.98 Å². The van der Waals surface area contributed by atoms with Crippen LogP contribution in [0.2, 0.25) is 0 Å². The van der Waals surface area contributed by atoms with Gasteiger partial charge in [0.2, 0.25) is 0 Å². The molecule has 4 rings (SSSR count). The maximum atomic E-state index is 5.40. The van der Waals surface area contributed by atoms with E-state index in [2.05, 4.69) is 30.3 Å². The molecule has 3 aliphatic rings. The molecule has 0 amide bonds. The van der Waals surface area contributed by atoms with Crippen LogP contribution in [0.15, 0.2) is 40.3 Å². The lowest BCUT2D eigenvalue weighted by atomic mass is 9.77. The summed E-state index contributed by atoms with van der Waals surface area (Å²) in [5, 5.41) is 0. The summed E-state index contributed by atoms with van der Waals surface area (Å²) >= 11 is 0. The van der Waals surface area contributed by atoms with E-state index in [1.54, 1.807) is 0 Å². The van der Waals surface area contributed by atoms with E-state index in [1.807, 2.05) is 0 Å². The van der Waals surface area contributed by atoms with E-state index in [9.17, 15) is 0 Å². The van der Waals surface area contributed by atoms with E-state index in [0.717, 1.165) is 24.8 Å². The van der Waals surface area contributed by atoms with Gasteiger partial charge in [-0.1, -0.05) is 68.9 Å². The molecule has 0 aromatic heterocycles. The van der Waals surface area contributed by atoms with Crippen LogP contribution < -0.4 is 0 Å². The summed E-state index contributed by atoms with van der Waals surface area (Å²) in [5.74, 6) is 1.77. The molecule has 0 unspecified atom stereocenters. The fourth-order valence-corrected chi connectivity index (χ4v) is 5.23. The van der Waals surface area contributed by atoms with Crippen LogP contribution in [0.5, 0.6) is 0 Å². The van der Waals surface area contributed by atoms with Gasteiger partial charge >= 0.3 is 0 Å². The SMILES string of the molecule is c1ccc(C(CC2=NCCC2)=N[C@@H]2CCC[C@H]2C2CCCCC2)cc1.